The number of ether oxygens (including phenoxy) is 1. The summed E-state index contributed by atoms with van der Waals surface area (Å²) in [5.41, 5.74) is 0.632. The molecule has 1 aliphatic rings. The third-order valence-corrected chi connectivity index (χ3v) is 3.02. The van der Waals surface area contributed by atoms with Crippen LogP contribution < -0.4 is 10.2 Å². The number of nitro benzene ring substituents is 1. The second-order valence-electron chi connectivity index (χ2n) is 6.08. The monoisotopic (exact) mass is 293 g/mol. The molecule has 0 atom stereocenters. The number of carbonyl (C=O) groups excluding carboxylic acids is 1. The highest BCUT2D eigenvalue weighted by Gasteiger charge is 2.31. The Morgan fingerprint density at radius 1 is 1.33 bits per heavy atom. The fraction of sp³-hybridized carbons (Fsp3) is 0.500. The lowest BCUT2D eigenvalue weighted by molar-refractivity contribution is -0.384. The third kappa shape index (κ3) is 4.08. The van der Waals surface area contributed by atoms with Gasteiger partial charge in [-0.3, -0.25) is 10.1 Å². The van der Waals surface area contributed by atoms with Crippen LogP contribution in [-0.2, 0) is 4.74 Å². The van der Waals surface area contributed by atoms with Crippen molar-refractivity contribution in [2.75, 3.05) is 18.0 Å². The highest BCUT2D eigenvalue weighted by Crippen LogP contribution is 2.24. The normalized spacial score (nSPS) is 15.3. The first-order valence-electron chi connectivity index (χ1n) is 6.73. The lowest BCUT2D eigenvalue weighted by Gasteiger charge is -2.40. The highest BCUT2D eigenvalue weighted by atomic mass is 16.6. The average Bonchev–Trinajstić information content (AvgIpc) is 2.31. The van der Waals surface area contributed by atoms with Crippen LogP contribution in [0.3, 0.4) is 0 Å². The first-order valence-corrected chi connectivity index (χ1v) is 6.73. The highest BCUT2D eigenvalue weighted by molar-refractivity contribution is 5.68. The van der Waals surface area contributed by atoms with Crippen molar-refractivity contribution >= 4 is 17.5 Å². The van der Waals surface area contributed by atoms with Crippen molar-refractivity contribution in [2.24, 2.45) is 0 Å². The Labute approximate surface area is 123 Å². The first kappa shape index (κ1) is 15.1. The first-order chi connectivity index (χ1) is 9.74. The summed E-state index contributed by atoms with van der Waals surface area (Å²) in [4.78, 5) is 23.7. The minimum Gasteiger partial charge on any atom is -0.442 e. The maximum atomic E-state index is 11.6. The molecule has 1 fully saturated rings. The van der Waals surface area contributed by atoms with E-state index in [1.807, 2.05) is 25.7 Å². The number of hydrogen-bond donors (Lipinski definition) is 1. The van der Waals surface area contributed by atoms with Gasteiger partial charge in [0, 0.05) is 23.4 Å². The summed E-state index contributed by atoms with van der Waals surface area (Å²) in [5.74, 6) is 0. The van der Waals surface area contributed by atoms with Crippen LogP contribution in [-0.4, -0.2) is 35.7 Å². The molecule has 7 nitrogen and oxygen atoms in total. The van der Waals surface area contributed by atoms with E-state index in [4.69, 9.17) is 4.74 Å². The van der Waals surface area contributed by atoms with E-state index >= 15 is 0 Å². The lowest BCUT2D eigenvalue weighted by Crippen LogP contribution is -2.55. The van der Waals surface area contributed by atoms with Crippen molar-refractivity contribution in [1.29, 1.82) is 0 Å². The Hall–Kier alpha value is -2.31. The Balaban J connectivity index is 1.81. The van der Waals surface area contributed by atoms with Gasteiger partial charge < -0.3 is 15.0 Å². The maximum absolute atomic E-state index is 11.6. The van der Waals surface area contributed by atoms with Gasteiger partial charge in [0.15, 0.2) is 0 Å². The van der Waals surface area contributed by atoms with Gasteiger partial charge in [0.25, 0.3) is 5.69 Å². The predicted octanol–water partition coefficient (Wildman–Crippen LogP) is 2.31. The molecule has 2 rings (SSSR count). The molecule has 0 spiro atoms. The van der Waals surface area contributed by atoms with Crippen molar-refractivity contribution in [1.82, 2.24) is 5.32 Å². The molecule has 114 valence electrons. The van der Waals surface area contributed by atoms with Crippen molar-refractivity contribution in [3.8, 4) is 0 Å². The van der Waals surface area contributed by atoms with E-state index < -0.39 is 11.0 Å². The Morgan fingerprint density at radius 2 is 1.90 bits per heavy atom. The summed E-state index contributed by atoms with van der Waals surface area (Å²) in [6, 6.07) is 6.33. The summed E-state index contributed by atoms with van der Waals surface area (Å²) in [6.07, 6.45) is -0.571. The van der Waals surface area contributed by atoms with E-state index in [9.17, 15) is 14.9 Å². The molecule has 0 unspecified atom stereocenters. The number of non-ortho nitro benzene ring substituents is 1. The van der Waals surface area contributed by atoms with Crippen LogP contribution in [0.5, 0.6) is 0 Å². The SMILES string of the molecule is CC(C)(C)NC(=O)OC1CN(c2ccc([N+](=O)[O-])cc2)C1. The van der Waals surface area contributed by atoms with Crippen LogP contribution in [0, 0.1) is 10.1 Å². The van der Waals surface area contributed by atoms with Gasteiger partial charge in [0.2, 0.25) is 0 Å². The number of hydrogen-bond acceptors (Lipinski definition) is 5. The fourth-order valence-electron chi connectivity index (χ4n) is 2.00. The number of amides is 1. The van der Waals surface area contributed by atoms with Crippen LogP contribution in [0.1, 0.15) is 20.8 Å². The molecule has 1 aliphatic heterocycles. The number of benzene rings is 1. The van der Waals surface area contributed by atoms with Crippen molar-refractivity contribution in [3.05, 3.63) is 34.4 Å². The second kappa shape index (κ2) is 5.59. The van der Waals surface area contributed by atoms with E-state index in [0.29, 0.717) is 13.1 Å². The van der Waals surface area contributed by atoms with E-state index in [1.54, 1.807) is 12.1 Å². The van der Waals surface area contributed by atoms with Gasteiger partial charge in [0.05, 0.1) is 18.0 Å². The zero-order chi connectivity index (χ0) is 15.6. The number of carbonyl (C=O) groups is 1. The maximum Gasteiger partial charge on any atom is 0.407 e. The van der Waals surface area contributed by atoms with Crippen molar-refractivity contribution < 1.29 is 14.5 Å². The summed E-state index contributed by atoms with van der Waals surface area (Å²) in [7, 11) is 0. The summed E-state index contributed by atoms with van der Waals surface area (Å²) in [6.45, 7) is 6.85. The van der Waals surface area contributed by atoms with E-state index in [1.165, 1.54) is 12.1 Å². The smallest absolute Gasteiger partial charge is 0.407 e. The van der Waals surface area contributed by atoms with E-state index in [2.05, 4.69) is 5.32 Å². The van der Waals surface area contributed by atoms with Crippen LogP contribution in [0.2, 0.25) is 0 Å². The minimum atomic E-state index is -0.428. The zero-order valence-corrected chi connectivity index (χ0v) is 12.3. The van der Waals surface area contributed by atoms with Gasteiger partial charge in [-0.2, -0.15) is 0 Å². The van der Waals surface area contributed by atoms with Gasteiger partial charge in [-0.25, -0.2) is 4.79 Å². The molecule has 0 aromatic heterocycles. The van der Waals surface area contributed by atoms with Crippen molar-refractivity contribution in [3.63, 3.8) is 0 Å². The Kier molecular flexibility index (Phi) is 4.02. The molecule has 21 heavy (non-hydrogen) atoms. The summed E-state index contributed by atoms with van der Waals surface area (Å²) < 4.78 is 5.28. The number of nitrogens with zero attached hydrogens (tertiary/aromatic N) is 2. The van der Waals surface area contributed by atoms with Gasteiger partial charge in [0.1, 0.15) is 6.10 Å². The quantitative estimate of drug-likeness (QED) is 0.683. The molecule has 0 radical (unpaired) electrons. The third-order valence-electron chi connectivity index (χ3n) is 3.02. The molecular formula is C14H19N3O4. The second-order valence-corrected chi connectivity index (χ2v) is 6.08. The molecular weight excluding hydrogens is 274 g/mol. The summed E-state index contributed by atoms with van der Waals surface area (Å²) >= 11 is 0. The molecule has 1 aromatic rings. The predicted molar refractivity (Wildman–Crippen MR) is 78.5 cm³/mol. The topological polar surface area (TPSA) is 84.7 Å². The van der Waals surface area contributed by atoms with E-state index in [0.717, 1.165) is 5.69 Å². The standard InChI is InChI=1S/C14H19N3O4/c1-14(2,3)15-13(18)21-12-8-16(9-12)10-4-6-11(7-5-10)17(19)20/h4-7,12H,8-9H2,1-3H3,(H,15,18). The molecule has 7 heteroatoms. The Morgan fingerprint density at radius 3 is 2.38 bits per heavy atom. The zero-order valence-electron chi connectivity index (χ0n) is 12.3. The summed E-state index contributed by atoms with van der Waals surface area (Å²) in [5, 5.41) is 13.3. The van der Waals surface area contributed by atoms with Gasteiger partial charge in [-0.05, 0) is 32.9 Å². The number of anilines is 1. The number of nitro groups is 1. The van der Waals surface area contributed by atoms with Crippen LogP contribution in [0.4, 0.5) is 16.2 Å². The van der Waals surface area contributed by atoms with Gasteiger partial charge in [-0.1, -0.05) is 0 Å². The van der Waals surface area contributed by atoms with Crippen LogP contribution >= 0.6 is 0 Å². The molecule has 1 saturated heterocycles. The fourth-order valence-corrected chi connectivity index (χ4v) is 2.00. The molecule has 1 heterocycles. The molecule has 1 amide bonds. The molecule has 1 N–H and O–H groups in total. The molecule has 0 saturated carbocycles. The number of nitrogens with one attached hydrogen (secondary N) is 1. The van der Waals surface area contributed by atoms with Gasteiger partial charge in [-0.15, -0.1) is 0 Å². The van der Waals surface area contributed by atoms with E-state index in [-0.39, 0.29) is 17.3 Å². The van der Waals surface area contributed by atoms with Gasteiger partial charge >= 0.3 is 6.09 Å². The Bertz CT molecular complexity index is 530. The molecule has 0 bridgehead atoms. The van der Waals surface area contributed by atoms with Crippen molar-refractivity contribution in [2.45, 2.75) is 32.4 Å². The van der Waals surface area contributed by atoms with Crippen LogP contribution in [0.15, 0.2) is 24.3 Å². The lowest BCUT2D eigenvalue weighted by atomic mass is 10.1. The minimum absolute atomic E-state index is 0.0663. The molecule has 1 aromatic carbocycles. The number of rotatable bonds is 3. The number of alkyl carbamates (subject to hydrolysis) is 1. The average molecular weight is 293 g/mol. The van der Waals surface area contributed by atoms with Crippen LogP contribution in [0.25, 0.3) is 0 Å². The molecule has 0 aliphatic carbocycles. The largest absolute Gasteiger partial charge is 0.442 e.